The van der Waals surface area contributed by atoms with Gasteiger partial charge in [-0.2, -0.15) is 0 Å². The topological polar surface area (TPSA) is 60.7 Å². The normalized spacial score (nSPS) is 15.5. The number of rotatable bonds is 5. The Labute approximate surface area is 153 Å². The Bertz CT molecular complexity index is 778. The van der Waals surface area contributed by atoms with Gasteiger partial charge in [0.2, 0.25) is 5.16 Å². The zero-order valence-electron chi connectivity index (χ0n) is 15.5. The molecule has 0 unspecified atom stereocenters. The Morgan fingerprint density at radius 2 is 1.84 bits per heavy atom. The highest BCUT2D eigenvalue weighted by Gasteiger charge is 2.21. The maximum absolute atomic E-state index is 12.8. The zero-order valence-corrected chi connectivity index (χ0v) is 16.3. The molecule has 1 aromatic heterocycles. The van der Waals surface area contributed by atoms with E-state index in [1.807, 2.05) is 17.7 Å². The van der Waals surface area contributed by atoms with Crippen LogP contribution in [0, 0.1) is 27.7 Å². The van der Waals surface area contributed by atoms with Crippen molar-refractivity contribution in [3.63, 3.8) is 0 Å². The van der Waals surface area contributed by atoms with Gasteiger partial charge >= 0.3 is 0 Å². The molecule has 0 radical (unpaired) electrons. The predicted molar refractivity (Wildman–Crippen MR) is 100 cm³/mol. The van der Waals surface area contributed by atoms with Crippen LogP contribution in [0.1, 0.15) is 70.8 Å². The first-order valence-corrected chi connectivity index (χ1v) is 9.99. The van der Waals surface area contributed by atoms with E-state index in [1.54, 1.807) is 0 Å². The van der Waals surface area contributed by atoms with E-state index in [2.05, 4.69) is 36.3 Å². The molecule has 0 bridgehead atoms. The van der Waals surface area contributed by atoms with Crippen LogP contribution in [-0.2, 0) is 0 Å². The summed E-state index contributed by atoms with van der Waals surface area (Å²) in [5, 5.41) is 12.9. The second-order valence-corrected chi connectivity index (χ2v) is 7.97. The van der Waals surface area contributed by atoms with Gasteiger partial charge in [-0.05, 0) is 79.3 Å². The molecule has 134 valence electrons. The van der Waals surface area contributed by atoms with Crippen molar-refractivity contribution in [1.29, 1.82) is 0 Å². The first kappa shape index (κ1) is 18.1. The molecule has 1 aliphatic carbocycles. The Morgan fingerprint density at radius 1 is 1.12 bits per heavy atom. The number of carbonyl (C=O) groups excluding carboxylic acids is 1. The van der Waals surface area contributed by atoms with Gasteiger partial charge in [-0.1, -0.05) is 31.0 Å². The Kier molecular flexibility index (Phi) is 5.57. The smallest absolute Gasteiger partial charge is 0.210 e. The van der Waals surface area contributed by atoms with Crippen molar-refractivity contribution in [2.24, 2.45) is 0 Å². The van der Waals surface area contributed by atoms with E-state index in [1.165, 1.54) is 47.7 Å². The van der Waals surface area contributed by atoms with Gasteiger partial charge in [0.25, 0.3) is 0 Å². The van der Waals surface area contributed by atoms with Crippen LogP contribution in [0.25, 0.3) is 0 Å². The first-order valence-electron chi connectivity index (χ1n) is 9.00. The maximum Gasteiger partial charge on any atom is 0.210 e. The SMILES string of the molecule is Cc1cc(C(=O)CSc2nnnn2C2CCCCC2)c(C)c(C)c1C. The lowest BCUT2D eigenvalue weighted by Gasteiger charge is -2.22. The molecule has 0 saturated heterocycles. The van der Waals surface area contributed by atoms with Gasteiger partial charge in [0.05, 0.1) is 11.8 Å². The highest BCUT2D eigenvalue weighted by molar-refractivity contribution is 7.99. The van der Waals surface area contributed by atoms with E-state index in [9.17, 15) is 4.79 Å². The average molecular weight is 359 g/mol. The van der Waals surface area contributed by atoms with E-state index < -0.39 is 0 Å². The molecule has 0 N–H and O–H groups in total. The molecule has 2 aromatic rings. The lowest BCUT2D eigenvalue weighted by molar-refractivity contribution is 0.102. The molecule has 1 heterocycles. The van der Waals surface area contributed by atoms with Crippen LogP contribution in [0.4, 0.5) is 0 Å². The summed E-state index contributed by atoms with van der Waals surface area (Å²) in [4.78, 5) is 12.8. The van der Waals surface area contributed by atoms with Crippen molar-refractivity contribution in [3.8, 4) is 0 Å². The van der Waals surface area contributed by atoms with Crippen LogP contribution in [0.15, 0.2) is 11.2 Å². The summed E-state index contributed by atoms with van der Waals surface area (Å²) in [6, 6.07) is 2.40. The first-order chi connectivity index (χ1) is 12.0. The Morgan fingerprint density at radius 3 is 2.56 bits per heavy atom. The number of Topliss-reactive ketones (excluding diaryl/α,β-unsaturated/α-hetero) is 1. The molecule has 25 heavy (non-hydrogen) atoms. The van der Waals surface area contributed by atoms with E-state index >= 15 is 0 Å². The lowest BCUT2D eigenvalue weighted by Crippen LogP contribution is -2.16. The van der Waals surface area contributed by atoms with Gasteiger partial charge in [-0.15, -0.1) is 5.10 Å². The summed E-state index contributed by atoms with van der Waals surface area (Å²) in [7, 11) is 0. The van der Waals surface area contributed by atoms with Crippen molar-refractivity contribution < 1.29 is 4.79 Å². The number of benzene rings is 1. The summed E-state index contributed by atoms with van der Waals surface area (Å²) in [5.74, 6) is 0.516. The van der Waals surface area contributed by atoms with Gasteiger partial charge < -0.3 is 0 Å². The third-order valence-electron chi connectivity index (χ3n) is 5.50. The molecule has 1 fully saturated rings. The molecule has 0 aliphatic heterocycles. The molecular formula is C19H26N4OS. The second kappa shape index (κ2) is 7.68. The molecule has 1 aliphatic rings. The van der Waals surface area contributed by atoms with Gasteiger partial charge in [-0.25, -0.2) is 4.68 Å². The minimum absolute atomic E-state index is 0.145. The number of nitrogens with zero attached hydrogens (tertiary/aromatic N) is 4. The van der Waals surface area contributed by atoms with Crippen LogP contribution >= 0.6 is 11.8 Å². The monoisotopic (exact) mass is 358 g/mol. The summed E-state index contributed by atoms with van der Waals surface area (Å²) in [6.07, 6.45) is 6.01. The summed E-state index contributed by atoms with van der Waals surface area (Å²) >= 11 is 1.45. The van der Waals surface area contributed by atoms with Gasteiger partial charge in [0.15, 0.2) is 5.78 Å². The number of ketones is 1. The number of aromatic nitrogens is 4. The maximum atomic E-state index is 12.8. The number of aryl methyl sites for hydroxylation is 1. The Balaban J connectivity index is 1.73. The summed E-state index contributed by atoms with van der Waals surface area (Å²) in [5.41, 5.74) is 5.55. The van der Waals surface area contributed by atoms with Crippen molar-refractivity contribution in [2.75, 3.05) is 5.75 Å². The molecule has 1 saturated carbocycles. The number of tetrazole rings is 1. The van der Waals surface area contributed by atoms with Crippen molar-refractivity contribution in [2.45, 2.75) is 71.0 Å². The third kappa shape index (κ3) is 3.78. The average Bonchev–Trinajstić information content (AvgIpc) is 3.10. The molecule has 3 rings (SSSR count). The molecule has 0 spiro atoms. The van der Waals surface area contributed by atoms with Gasteiger partial charge in [0.1, 0.15) is 0 Å². The number of hydrogen-bond acceptors (Lipinski definition) is 5. The molecule has 1 aromatic carbocycles. The van der Waals surface area contributed by atoms with Crippen molar-refractivity contribution >= 4 is 17.5 Å². The second-order valence-electron chi connectivity index (χ2n) is 7.03. The molecule has 6 heteroatoms. The molecule has 5 nitrogen and oxygen atoms in total. The number of hydrogen-bond donors (Lipinski definition) is 0. The van der Waals surface area contributed by atoms with Crippen LogP contribution < -0.4 is 0 Å². The van der Waals surface area contributed by atoms with Crippen LogP contribution in [0.2, 0.25) is 0 Å². The molecule has 0 amide bonds. The predicted octanol–water partition coefficient (Wildman–Crippen LogP) is 4.39. The zero-order chi connectivity index (χ0) is 18.0. The number of thioether (sulfide) groups is 1. The van der Waals surface area contributed by atoms with Crippen molar-refractivity contribution in [3.05, 3.63) is 33.9 Å². The molecule has 0 atom stereocenters. The van der Waals surface area contributed by atoms with Crippen LogP contribution in [0.5, 0.6) is 0 Å². The van der Waals surface area contributed by atoms with Gasteiger partial charge in [0, 0.05) is 5.56 Å². The van der Waals surface area contributed by atoms with E-state index in [0.717, 1.165) is 29.1 Å². The fourth-order valence-electron chi connectivity index (χ4n) is 3.54. The fourth-order valence-corrected chi connectivity index (χ4v) is 4.37. The highest BCUT2D eigenvalue weighted by atomic mass is 32.2. The van der Waals surface area contributed by atoms with Crippen molar-refractivity contribution in [1.82, 2.24) is 20.2 Å². The standard InChI is InChI=1S/C19H26N4OS/c1-12-10-17(15(4)14(3)13(12)2)18(24)11-25-19-20-21-22-23(19)16-8-6-5-7-9-16/h10,16H,5-9,11H2,1-4H3. The largest absolute Gasteiger partial charge is 0.293 e. The van der Waals surface area contributed by atoms with Crippen LogP contribution in [-0.4, -0.2) is 31.7 Å². The fraction of sp³-hybridized carbons (Fsp3) is 0.579. The lowest BCUT2D eigenvalue weighted by atomic mass is 9.93. The van der Waals surface area contributed by atoms with Gasteiger partial charge in [-0.3, -0.25) is 4.79 Å². The van der Waals surface area contributed by atoms with Crippen LogP contribution in [0.3, 0.4) is 0 Å². The van der Waals surface area contributed by atoms with E-state index in [-0.39, 0.29) is 5.78 Å². The highest BCUT2D eigenvalue weighted by Crippen LogP contribution is 2.30. The number of carbonyl (C=O) groups is 1. The minimum atomic E-state index is 0.145. The quantitative estimate of drug-likeness (QED) is 0.586. The van der Waals surface area contributed by atoms with E-state index in [4.69, 9.17) is 0 Å². The minimum Gasteiger partial charge on any atom is -0.293 e. The third-order valence-corrected chi connectivity index (χ3v) is 6.43. The molecular weight excluding hydrogens is 332 g/mol. The van der Waals surface area contributed by atoms with E-state index in [0.29, 0.717) is 11.8 Å². The Hall–Kier alpha value is -1.69. The summed E-state index contributed by atoms with van der Waals surface area (Å²) in [6.45, 7) is 8.30. The summed E-state index contributed by atoms with van der Waals surface area (Å²) < 4.78 is 1.93.